The molecule has 1 fully saturated rings. The number of imide groups is 1. The van der Waals surface area contributed by atoms with E-state index >= 15 is 0 Å². The average molecular weight is 460 g/mol. The van der Waals surface area contributed by atoms with Crippen molar-refractivity contribution in [1.29, 1.82) is 0 Å². The maximum atomic E-state index is 12.8. The molecule has 34 heavy (non-hydrogen) atoms. The first-order chi connectivity index (χ1) is 16.4. The second-order valence-corrected chi connectivity index (χ2v) is 8.07. The highest BCUT2D eigenvalue weighted by atomic mass is 16.2. The van der Waals surface area contributed by atoms with E-state index in [0.29, 0.717) is 30.8 Å². The van der Waals surface area contributed by atoms with Gasteiger partial charge in [0.2, 0.25) is 5.91 Å². The van der Waals surface area contributed by atoms with Crippen LogP contribution < -0.4 is 21.3 Å². The molecule has 5 amide bonds. The molecule has 0 aliphatic carbocycles. The van der Waals surface area contributed by atoms with E-state index in [1.807, 2.05) is 36.4 Å². The third kappa shape index (κ3) is 5.32. The van der Waals surface area contributed by atoms with E-state index in [2.05, 4.69) is 27.8 Å². The first-order valence-electron chi connectivity index (χ1n) is 10.9. The van der Waals surface area contributed by atoms with Gasteiger partial charge >= 0.3 is 6.03 Å². The molecular weight excluding hydrogens is 434 g/mol. The molecule has 1 saturated heterocycles. The van der Waals surface area contributed by atoms with Crippen LogP contribution in [0.4, 0.5) is 10.5 Å². The number of rotatable bonds is 7. The molecule has 0 saturated carbocycles. The van der Waals surface area contributed by atoms with Crippen molar-refractivity contribution in [3.63, 3.8) is 0 Å². The van der Waals surface area contributed by atoms with Crippen LogP contribution in [-0.2, 0) is 27.5 Å². The summed E-state index contributed by atoms with van der Waals surface area (Å²) in [5.74, 6) is -1.50. The van der Waals surface area contributed by atoms with Crippen LogP contribution in [0.2, 0.25) is 0 Å². The molecular formula is C25H25N5O4. The average Bonchev–Trinajstić information content (AvgIpc) is 3.10. The second-order valence-electron chi connectivity index (χ2n) is 8.07. The van der Waals surface area contributed by atoms with E-state index < -0.39 is 23.8 Å². The Hall–Kier alpha value is -4.40. The van der Waals surface area contributed by atoms with Gasteiger partial charge in [0, 0.05) is 30.5 Å². The van der Waals surface area contributed by atoms with Gasteiger partial charge in [-0.2, -0.15) is 0 Å². The van der Waals surface area contributed by atoms with Gasteiger partial charge in [-0.25, -0.2) is 4.79 Å². The summed E-state index contributed by atoms with van der Waals surface area (Å²) in [4.78, 5) is 50.6. The number of allylic oxidation sites excluding steroid dienone is 1. The molecule has 174 valence electrons. The van der Waals surface area contributed by atoms with Crippen LogP contribution >= 0.6 is 0 Å². The van der Waals surface area contributed by atoms with Gasteiger partial charge in [0.15, 0.2) is 0 Å². The Morgan fingerprint density at radius 2 is 1.71 bits per heavy atom. The molecule has 1 atom stereocenters. The van der Waals surface area contributed by atoms with Gasteiger partial charge in [-0.1, -0.05) is 49.0 Å². The first-order valence-corrected chi connectivity index (χ1v) is 10.9. The number of carbonyl (C=O) groups is 4. The normalized spacial score (nSPS) is 17.8. The van der Waals surface area contributed by atoms with Crippen molar-refractivity contribution in [2.24, 2.45) is 0 Å². The molecule has 4 rings (SSSR count). The summed E-state index contributed by atoms with van der Waals surface area (Å²) in [5, 5.41) is 11.1. The van der Waals surface area contributed by atoms with E-state index in [1.165, 1.54) is 6.08 Å². The van der Waals surface area contributed by atoms with E-state index in [0.717, 1.165) is 16.0 Å². The lowest BCUT2D eigenvalue weighted by atomic mass is 10.0. The summed E-state index contributed by atoms with van der Waals surface area (Å²) in [6.45, 7) is 4.41. The Balaban J connectivity index is 1.32. The lowest BCUT2D eigenvalue weighted by molar-refractivity contribution is -0.146. The Morgan fingerprint density at radius 3 is 2.44 bits per heavy atom. The fourth-order valence-corrected chi connectivity index (χ4v) is 3.82. The van der Waals surface area contributed by atoms with E-state index in [4.69, 9.17) is 0 Å². The predicted molar refractivity (Wildman–Crippen MR) is 126 cm³/mol. The van der Waals surface area contributed by atoms with Gasteiger partial charge in [-0.15, -0.1) is 0 Å². The number of nitrogens with one attached hydrogen (secondary N) is 4. The summed E-state index contributed by atoms with van der Waals surface area (Å²) in [5.41, 5.74) is 3.05. The molecule has 2 heterocycles. The molecule has 9 nitrogen and oxygen atoms in total. The standard InChI is InChI=1S/C25H25N5O4/c1-16-10-11-21(23(32)28-16)30-22(31)13-20(24(30)33)29-19-9-5-8-18(12-19)15-27-25(34)26-14-17-6-3-2-4-7-17/h2-9,12-13,21,29H,1,10-11,14-15H2,(H,28,32)(H2,26,27,34). The SMILES string of the molecule is C=C1CCC(N2C(=O)C=C(Nc3cccc(CNC(=O)NCc4ccccc4)c3)C2=O)C(=O)N1. The zero-order chi connectivity index (χ0) is 24.1. The molecule has 0 radical (unpaired) electrons. The number of urea groups is 1. The Kier molecular flexibility index (Phi) is 6.72. The van der Waals surface area contributed by atoms with Crippen molar-refractivity contribution >= 4 is 29.4 Å². The van der Waals surface area contributed by atoms with Gasteiger partial charge in [0.05, 0.1) is 0 Å². The molecule has 2 aliphatic heterocycles. The lowest BCUT2D eigenvalue weighted by Crippen LogP contribution is -2.52. The zero-order valence-electron chi connectivity index (χ0n) is 18.5. The highest BCUT2D eigenvalue weighted by Gasteiger charge is 2.41. The summed E-state index contributed by atoms with van der Waals surface area (Å²) >= 11 is 0. The van der Waals surface area contributed by atoms with Crippen molar-refractivity contribution in [1.82, 2.24) is 20.9 Å². The first kappa shape index (κ1) is 22.8. The monoisotopic (exact) mass is 459 g/mol. The van der Waals surface area contributed by atoms with Crippen LogP contribution in [0, 0.1) is 0 Å². The summed E-state index contributed by atoms with van der Waals surface area (Å²) in [7, 11) is 0. The van der Waals surface area contributed by atoms with Crippen LogP contribution in [0.15, 0.2) is 78.6 Å². The lowest BCUT2D eigenvalue weighted by Gasteiger charge is -2.29. The predicted octanol–water partition coefficient (Wildman–Crippen LogP) is 2.14. The Labute approximate surface area is 196 Å². The van der Waals surface area contributed by atoms with Crippen molar-refractivity contribution in [2.75, 3.05) is 5.32 Å². The van der Waals surface area contributed by atoms with E-state index in [1.54, 1.807) is 18.2 Å². The van der Waals surface area contributed by atoms with Gasteiger partial charge in [0.25, 0.3) is 11.8 Å². The molecule has 4 N–H and O–H groups in total. The fraction of sp³-hybridized carbons (Fsp3) is 0.200. The Morgan fingerprint density at radius 1 is 1.00 bits per heavy atom. The molecule has 2 aromatic rings. The molecule has 0 bridgehead atoms. The van der Waals surface area contributed by atoms with Crippen LogP contribution in [0.25, 0.3) is 0 Å². The highest BCUT2D eigenvalue weighted by Crippen LogP contribution is 2.24. The number of amides is 5. The van der Waals surface area contributed by atoms with Crippen molar-refractivity contribution < 1.29 is 19.2 Å². The van der Waals surface area contributed by atoms with Crippen LogP contribution in [0.3, 0.4) is 0 Å². The number of benzene rings is 2. The number of hydrogen-bond donors (Lipinski definition) is 4. The minimum absolute atomic E-state index is 0.0907. The second kappa shape index (κ2) is 10.0. The minimum Gasteiger partial charge on any atom is -0.351 e. The number of nitrogens with zero attached hydrogens (tertiary/aromatic N) is 1. The number of piperidine rings is 1. The molecule has 9 heteroatoms. The summed E-state index contributed by atoms with van der Waals surface area (Å²) < 4.78 is 0. The van der Waals surface area contributed by atoms with Gasteiger partial charge in [-0.05, 0) is 36.1 Å². The number of carbonyl (C=O) groups excluding carboxylic acids is 4. The van der Waals surface area contributed by atoms with Crippen LogP contribution in [0.5, 0.6) is 0 Å². The minimum atomic E-state index is -0.856. The van der Waals surface area contributed by atoms with E-state index in [-0.39, 0.29) is 18.3 Å². The summed E-state index contributed by atoms with van der Waals surface area (Å²) in [6, 6.07) is 15.6. The molecule has 1 unspecified atom stereocenters. The van der Waals surface area contributed by atoms with E-state index in [9.17, 15) is 19.2 Å². The summed E-state index contributed by atoms with van der Waals surface area (Å²) in [6.07, 6.45) is 2.04. The third-order valence-corrected chi connectivity index (χ3v) is 5.54. The van der Waals surface area contributed by atoms with Crippen LogP contribution in [-0.4, -0.2) is 34.7 Å². The number of anilines is 1. The largest absolute Gasteiger partial charge is 0.351 e. The highest BCUT2D eigenvalue weighted by molar-refractivity contribution is 6.19. The zero-order valence-corrected chi connectivity index (χ0v) is 18.5. The third-order valence-electron chi connectivity index (χ3n) is 5.54. The molecule has 0 aromatic heterocycles. The maximum Gasteiger partial charge on any atom is 0.315 e. The molecule has 2 aliphatic rings. The van der Waals surface area contributed by atoms with Gasteiger partial charge in [0.1, 0.15) is 11.7 Å². The Bertz CT molecular complexity index is 1170. The fourth-order valence-electron chi connectivity index (χ4n) is 3.82. The topological polar surface area (TPSA) is 120 Å². The van der Waals surface area contributed by atoms with Crippen molar-refractivity contribution in [2.45, 2.75) is 32.0 Å². The molecule has 0 spiro atoms. The van der Waals surface area contributed by atoms with Crippen molar-refractivity contribution in [3.8, 4) is 0 Å². The number of hydrogen-bond acceptors (Lipinski definition) is 5. The quantitative estimate of drug-likeness (QED) is 0.473. The van der Waals surface area contributed by atoms with Gasteiger partial charge < -0.3 is 21.3 Å². The van der Waals surface area contributed by atoms with Gasteiger partial charge in [-0.3, -0.25) is 19.3 Å². The van der Waals surface area contributed by atoms with Crippen molar-refractivity contribution in [3.05, 3.63) is 89.8 Å². The molecule has 2 aromatic carbocycles. The maximum absolute atomic E-state index is 12.8. The smallest absolute Gasteiger partial charge is 0.315 e. The van der Waals surface area contributed by atoms with Crippen LogP contribution in [0.1, 0.15) is 24.0 Å².